The summed E-state index contributed by atoms with van der Waals surface area (Å²) < 4.78 is 0. The van der Waals surface area contributed by atoms with Gasteiger partial charge in [0.15, 0.2) is 0 Å². The fourth-order valence-electron chi connectivity index (χ4n) is 3.12. The maximum atomic E-state index is 12.4. The zero-order valence-electron chi connectivity index (χ0n) is 13.3. The smallest absolute Gasteiger partial charge is 0.235 e. The van der Waals surface area contributed by atoms with Crippen LogP contribution in [0.15, 0.2) is 29.8 Å². The van der Waals surface area contributed by atoms with Crippen LogP contribution in [0.3, 0.4) is 0 Å². The van der Waals surface area contributed by atoms with Gasteiger partial charge in [0.1, 0.15) is 0 Å². The second-order valence-corrected chi connectivity index (χ2v) is 6.23. The first-order chi connectivity index (χ1) is 10.5. The highest BCUT2D eigenvalue weighted by Gasteiger charge is 2.33. The van der Waals surface area contributed by atoms with Crippen molar-refractivity contribution in [3.63, 3.8) is 0 Å². The fourth-order valence-corrected chi connectivity index (χ4v) is 3.12. The fraction of sp³-hybridized carbons (Fsp3) is 0.368. The van der Waals surface area contributed by atoms with Crippen molar-refractivity contribution in [2.45, 2.75) is 40.0 Å². The molecular weight excluding hydrogens is 274 g/mol. The molecule has 1 aliphatic carbocycles. The molecule has 0 saturated heterocycles. The van der Waals surface area contributed by atoms with Crippen molar-refractivity contribution >= 4 is 28.0 Å². The van der Waals surface area contributed by atoms with E-state index in [-0.39, 0.29) is 11.6 Å². The van der Waals surface area contributed by atoms with Crippen molar-refractivity contribution in [2.75, 3.05) is 0 Å². The van der Waals surface area contributed by atoms with E-state index in [0.29, 0.717) is 17.1 Å². The third-order valence-electron chi connectivity index (χ3n) is 4.82. The average Bonchev–Trinajstić information content (AvgIpc) is 2.91. The topological polar surface area (TPSA) is 49.9 Å². The lowest BCUT2D eigenvalue weighted by atomic mass is 9.84. The summed E-state index contributed by atoms with van der Waals surface area (Å²) in [6.07, 6.45) is 2.98. The molecule has 0 amide bonds. The van der Waals surface area contributed by atoms with Gasteiger partial charge in [0.2, 0.25) is 11.6 Å². The second kappa shape index (κ2) is 5.56. The lowest BCUT2D eigenvalue weighted by molar-refractivity contribution is -0.111. The first-order valence-corrected chi connectivity index (χ1v) is 7.94. The van der Waals surface area contributed by atoms with Gasteiger partial charge < -0.3 is 4.98 Å². The molecule has 114 valence electrons. The Labute approximate surface area is 130 Å². The summed E-state index contributed by atoms with van der Waals surface area (Å²) in [5.74, 6) is -0.116. The minimum atomic E-state index is -0.378. The lowest BCUT2D eigenvalue weighted by Gasteiger charge is -2.18. The summed E-state index contributed by atoms with van der Waals surface area (Å²) in [6.45, 7) is 6.17. The van der Waals surface area contributed by atoms with Gasteiger partial charge >= 0.3 is 0 Å². The molecule has 1 N–H and O–H groups in total. The number of allylic oxidation sites excluding steroid dienone is 2. The minimum Gasteiger partial charge on any atom is -0.354 e. The van der Waals surface area contributed by atoms with Crippen LogP contribution in [0, 0.1) is 5.92 Å². The van der Waals surface area contributed by atoms with Gasteiger partial charge in [-0.1, -0.05) is 38.5 Å². The van der Waals surface area contributed by atoms with Crippen LogP contribution in [-0.2, 0) is 4.79 Å². The van der Waals surface area contributed by atoms with Crippen LogP contribution < -0.4 is 0 Å². The summed E-state index contributed by atoms with van der Waals surface area (Å²) >= 11 is 0. The standard InChI is InChI=1S/C19H21NO2/c1-4-11(2)9-10-13-12(3)18(21)19(22)16-14-7-5-6-8-15(14)20-17(13)16/h5-8,11,20H,4,9-10H2,1-3H3/t11-/m1/s1. The molecule has 3 nitrogen and oxygen atoms in total. The highest BCUT2D eigenvalue weighted by molar-refractivity contribution is 6.54. The monoisotopic (exact) mass is 295 g/mol. The number of rotatable bonds is 4. The van der Waals surface area contributed by atoms with Crippen LogP contribution >= 0.6 is 0 Å². The number of aromatic amines is 1. The van der Waals surface area contributed by atoms with E-state index in [0.717, 1.165) is 41.4 Å². The molecule has 0 saturated carbocycles. The molecule has 0 aliphatic heterocycles. The Balaban J connectivity index is 2.14. The normalized spacial score (nSPS) is 16.3. The van der Waals surface area contributed by atoms with Crippen molar-refractivity contribution in [1.82, 2.24) is 4.98 Å². The quantitative estimate of drug-likeness (QED) is 0.842. The van der Waals surface area contributed by atoms with Crippen LogP contribution in [0.1, 0.15) is 56.1 Å². The van der Waals surface area contributed by atoms with Crippen molar-refractivity contribution in [1.29, 1.82) is 0 Å². The second-order valence-electron chi connectivity index (χ2n) is 6.23. The maximum absolute atomic E-state index is 12.4. The Kier molecular flexibility index (Phi) is 3.73. The highest BCUT2D eigenvalue weighted by Crippen LogP contribution is 2.37. The van der Waals surface area contributed by atoms with Gasteiger partial charge in [-0.05, 0) is 37.3 Å². The predicted molar refractivity (Wildman–Crippen MR) is 88.9 cm³/mol. The van der Waals surface area contributed by atoms with Gasteiger partial charge in [0, 0.05) is 16.5 Å². The number of nitrogens with one attached hydrogen (secondary N) is 1. The summed E-state index contributed by atoms with van der Waals surface area (Å²) in [7, 11) is 0. The molecule has 0 radical (unpaired) electrons. The summed E-state index contributed by atoms with van der Waals surface area (Å²) in [4.78, 5) is 28.1. The third-order valence-corrected chi connectivity index (χ3v) is 4.82. The van der Waals surface area contributed by atoms with E-state index in [2.05, 4.69) is 18.8 Å². The molecular formula is C19H21NO2. The number of hydrogen-bond donors (Lipinski definition) is 1. The van der Waals surface area contributed by atoms with Crippen LogP contribution in [-0.4, -0.2) is 16.6 Å². The largest absolute Gasteiger partial charge is 0.354 e. The first kappa shape index (κ1) is 14.8. The zero-order valence-corrected chi connectivity index (χ0v) is 13.3. The van der Waals surface area contributed by atoms with Crippen LogP contribution in [0.5, 0.6) is 0 Å². The van der Waals surface area contributed by atoms with E-state index in [1.165, 1.54) is 0 Å². The average molecular weight is 295 g/mol. The Morgan fingerprint density at radius 3 is 2.59 bits per heavy atom. The molecule has 0 spiro atoms. The van der Waals surface area contributed by atoms with E-state index in [4.69, 9.17) is 0 Å². The molecule has 0 bridgehead atoms. The van der Waals surface area contributed by atoms with Crippen molar-refractivity contribution in [3.05, 3.63) is 41.1 Å². The van der Waals surface area contributed by atoms with Crippen LogP contribution in [0.2, 0.25) is 0 Å². The molecule has 1 aromatic heterocycles. The highest BCUT2D eigenvalue weighted by atomic mass is 16.2. The van der Waals surface area contributed by atoms with Crippen molar-refractivity contribution in [2.24, 2.45) is 5.92 Å². The molecule has 1 atom stereocenters. The first-order valence-electron chi connectivity index (χ1n) is 7.94. The number of carbonyl (C=O) groups excluding carboxylic acids is 2. The number of ketones is 2. The molecule has 3 rings (SSSR count). The van der Waals surface area contributed by atoms with Gasteiger partial charge in [0.25, 0.3) is 0 Å². The SMILES string of the molecule is CC[C@@H](C)CCC1=C(C)C(=O)C(=O)c2c1[nH]c1ccccc21. The number of fused-ring (bicyclic) bond motifs is 3. The minimum absolute atomic E-state index is 0.351. The molecule has 22 heavy (non-hydrogen) atoms. The Bertz CT molecular complexity index is 795. The lowest BCUT2D eigenvalue weighted by Crippen LogP contribution is -2.22. The van der Waals surface area contributed by atoms with E-state index in [1.807, 2.05) is 24.3 Å². The third kappa shape index (κ3) is 2.21. The maximum Gasteiger partial charge on any atom is 0.235 e. The van der Waals surface area contributed by atoms with Crippen LogP contribution in [0.25, 0.3) is 16.5 Å². The number of H-pyrrole nitrogens is 1. The van der Waals surface area contributed by atoms with Gasteiger partial charge in [0.05, 0.1) is 11.3 Å². The van der Waals surface area contributed by atoms with Crippen LogP contribution in [0.4, 0.5) is 0 Å². The molecule has 3 heteroatoms. The number of carbonyl (C=O) groups is 2. The Morgan fingerprint density at radius 1 is 1.14 bits per heavy atom. The molecule has 1 aliphatic rings. The van der Waals surface area contributed by atoms with E-state index >= 15 is 0 Å². The van der Waals surface area contributed by atoms with E-state index in [9.17, 15) is 9.59 Å². The van der Waals surface area contributed by atoms with E-state index < -0.39 is 0 Å². The number of aromatic nitrogens is 1. The van der Waals surface area contributed by atoms with Crippen molar-refractivity contribution in [3.8, 4) is 0 Å². The molecule has 0 unspecified atom stereocenters. The van der Waals surface area contributed by atoms with Gasteiger partial charge in [-0.15, -0.1) is 0 Å². The number of benzene rings is 1. The Hall–Kier alpha value is -2.16. The molecule has 0 fully saturated rings. The number of hydrogen-bond acceptors (Lipinski definition) is 2. The number of Topliss-reactive ketones (excluding diaryl/α,β-unsaturated/α-hetero) is 2. The molecule has 1 aromatic carbocycles. The molecule has 1 heterocycles. The van der Waals surface area contributed by atoms with Gasteiger partial charge in [-0.2, -0.15) is 0 Å². The Morgan fingerprint density at radius 2 is 1.86 bits per heavy atom. The van der Waals surface area contributed by atoms with Gasteiger partial charge in [-0.3, -0.25) is 9.59 Å². The zero-order chi connectivity index (χ0) is 15.9. The predicted octanol–water partition coefficient (Wildman–Crippen LogP) is 4.53. The molecule has 2 aromatic rings. The summed E-state index contributed by atoms with van der Waals surface area (Å²) in [6, 6.07) is 7.69. The summed E-state index contributed by atoms with van der Waals surface area (Å²) in [5, 5.41) is 0.851. The van der Waals surface area contributed by atoms with E-state index in [1.54, 1.807) is 6.92 Å². The number of para-hydroxylation sites is 1. The van der Waals surface area contributed by atoms with Crippen molar-refractivity contribution < 1.29 is 9.59 Å². The summed E-state index contributed by atoms with van der Waals surface area (Å²) in [5.41, 5.74) is 3.95. The van der Waals surface area contributed by atoms with Gasteiger partial charge in [-0.25, -0.2) is 0 Å².